The summed E-state index contributed by atoms with van der Waals surface area (Å²) in [5, 5.41) is 15.1. The van der Waals surface area contributed by atoms with Crippen LogP contribution in [0, 0.1) is 0 Å². The minimum atomic E-state index is -0.668. The highest BCUT2D eigenvalue weighted by atomic mass is 16.5. The van der Waals surface area contributed by atoms with Gasteiger partial charge in [0.15, 0.2) is 11.8 Å². The number of ether oxygens (including phenoxy) is 2. The van der Waals surface area contributed by atoms with E-state index in [4.69, 9.17) is 9.47 Å². The van der Waals surface area contributed by atoms with Gasteiger partial charge in [-0.15, -0.1) is 10.2 Å². The van der Waals surface area contributed by atoms with E-state index >= 15 is 0 Å². The molecule has 0 bridgehead atoms. The van der Waals surface area contributed by atoms with Crippen molar-refractivity contribution in [3.8, 4) is 22.8 Å². The summed E-state index contributed by atoms with van der Waals surface area (Å²) in [4.78, 5) is 12.5. The Kier molecular flexibility index (Phi) is 5.07. The molecular formula is C21H19N5O3. The Bertz CT molecular complexity index is 1140. The molecule has 0 radical (unpaired) electrons. The maximum Gasteiger partial charge on any atom is 0.265 e. The number of carbonyl (C=O) groups is 1. The van der Waals surface area contributed by atoms with Gasteiger partial charge in [0, 0.05) is 11.3 Å². The topological polar surface area (TPSA) is 90.6 Å². The van der Waals surface area contributed by atoms with E-state index in [0.717, 1.165) is 17.0 Å². The maximum absolute atomic E-state index is 12.5. The van der Waals surface area contributed by atoms with Crippen LogP contribution in [0.1, 0.15) is 6.92 Å². The molecule has 29 heavy (non-hydrogen) atoms. The van der Waals surface area contributed by atoms with E-state index in [9.17, 15) is 4.79 Å². The van der Waals surface area contributed by atoms with Gasteiger partial charge in [0.05, 0.1) is 12.8 Å². The lowest BCUT2D eigenvalue weighted by Crippen LogP contribution is -2.30. The molecule has 0 saturated carbocycles. The number of nitrogens with zero attached hydrogens (tertiary/aromatic N) is 4. The molecule has 4 rings (SSSR count). The van der Waals surface area contributed by atoms with E-state index in [-0.39, 0.29) is 5.91 Å². The third-order valence-electron chi connectivity index (χ3n) is 4.33. The first-order valence-electron chi connectivity index (χ1n) is 9.01. The van der Waals surface area contributed by atoms with E-state index in [1.165, 1.54) is 0 Å². The second kappa shape index (κ2) is 7.97. The number of hydrogen-bond acceptors (Lipinski definition) is 6. The van der Waals surface area contributed by atoms with Gasteiger partial charge in [-0.3, -0.25) is 4.79 Å². The molecule has 1 atom stereocenters. The Balaban J connectivity index is 1.45. The third kappa shape index (κ3) is 4.16. The molecule has 0 spiro atoms. The zero-order valence-corrected chi connectivity index (χ0v) is 15.9. The van der Waals surface area contributed by atoms with Crippen molar-refractivity contribution in [3.63, 3.8) is 0 Å². The van der Waals surface area contributed by atoms with Crippen LogP contribution < -0.4 is 14.8 Å². The highest BCUT2D eigenvalue weighted by Crippen LogP contribution is 2.22. The minimum Gasteiger partial charge on any atom is -0.497 e. The summed E-state index contributed by atoms with van der Waals surface area (Å²) in [5.41, 5.74) is 2.93. The lowest BCUT2D eigenvalue weighted by molar-refractivity contribution is -0.122. The monoisotopic (exact) mass is 389 g/mol. The van der Waals surface area contributed by atoms with Gasteiger partial charge in [-0.05, 0) is 55.5 Å². The maximum atomic E-state index is 12.5. The normalized spacial score (nSPS) is 11.8. The number of rotatable bonds is 6. The molecule has 0 fully saturated rings. The second-order valence-electron chi connectivity index (χ2n) is 6.36. The molecular weight excluding hydrogens is 370 g/mol. The van der Waals surface area contributed by atoms with Crippen molar-refractivity contribution >= 4 is 17.2 Å². The van der Waals surface area contributed by atoms with Crippen LogP contribution in [0.4, 0.5) is 5.69 Å². The van der Waals surface area contributed by atoms with Gasteiger partial charge in [0.1, 0.15) is 17.8 Å². The number of hydrogen-bond donors (Lipinski definition) is 1. The number of aromatic nitrogens is 4. The van der Waals surface area contributed by atoms with Gasteiger partial charge >= 0.3 is 0 Å². The van der Waals surface area contributed by atoms with E-state index in [2.05, 4.69) is 20.6 Å². The molecule has 1 amide bonds. The van der Waals surface area contributed by atoms with E-state index in [1.54, 1.807) is 49.1 Å². The van der Waals surface area contributed by atoms with Crippen LogP contribution in [0.25, 0.3) is 16.9 Å². The predicted octanol–water partition coefficient (Wildman–Crippen LogP) is 3.21. The number of anilines is 1. The highest BCUT2D eigenvalue weighted by molar-refractivity contribution is 5.94. The summed E-state index contributed by atoms with van der Waals surface area (Å²) in [5.74, 6) is 1.07. The number of amides is 1. The van der Waals surface area contributed by atoms with Gasteiger partial charge in [-0.25, -0.2) is 0 Å². The molecule has 2 heterocycles. The summed E-state index contributed by atoms with van der Waals surface area (Å²) in [6, 6.07) is 18.2. The van der Waals surface area contributed by atoms with Crippen molar-refractivity contribution in [1.82, 2.24) is 19.8 Å². The zero-order valence-electron chi connectivity index (χ0n) is 15.9. The molecule has 0 aliphatic heterocycles. The molecule has 8 heteroatoms. The summed E-state index contributed by atoms with van der Waals surface area (Å²) in [7, 11) is 1.60. The predicted molar refractivity (Wildman–Crippen MR) is 108 cm³/mol. The quantitative estimate of drug-likeness (QED) is 0.545. The molecule has 146 valence electrons. The molecule has 0 saturated heterocycles. The van der Waals surface area contributed by atoms with Gasteiger partial charge < -0.3 is 14.8 Å². The van der Waals surface area contributed by atoms with Crippen molar-refractivity contribution in [3.05, 3.63) is 67.0 Å². The Morgan fingerprint density at radius 1 is 1.07 bits per heavy atom. The van der Waals surface area contributed by atoms with E-state index in [1.807, 2.05) is 36.4 Å². The Morgan fingerprint density at radius 3 is 2.66 bits per heavy atom. The molecule has 4 aromatic rings. The molecule has 0 aliphatic rings. The molecule has 2 aromatic carbocycles. The molecule has 1 N–H and O–H groups in total. The fraction of sp³-hybridized carbons (Fsp3) is 0.143. The molecule has 0 aliphatic carbocycles. The first-order chi connectivity index (χ1) is 14.1. The Morgan fingerprint density at radius 2 is 1.86 bits per heavy atom. The number of methoxy groups -OCH3 is 1. The SMILES string of the molecule is COc1ccc(OC(C)C(=O)Nc2cccc(-c3ccc4nncn4n3)c2)cc1. The van der Waals surface area contributed by atoms with Crippen LogP contribution in [0.2, 0.25) is 0 Å². The number of benzene rings is 2. The molecule has 1 unspecified atom stereocenters. The average Bonchev–Trinajstić information content (AvgIpc) is 3.22. The van der Waals surface area contributed by atoms with Crippen LogP contribution in [0.15, 0.2) is 67.0 Å². The van der Waals surface area contributed by atoms with Crippen molar-refractivity contribution in [2.75, 3.05) is 12.4 Å². The van der Waals surface area contributed by atoms with Crippen LogP contribution >= 0.6 is 0 Å². The summed E-state index contributed by atoms with van der Waals surface area (Å²) in [6.07, 6.45) is 0.876. The summed E-state index contributed by atoms with van der Waals surface area (Å²) < 4.78 is 12.4. The van der Waals surface area contributed by atoms with Gasteiger partial charge in [-0.1, -0.05) is 12.1 Å². The van der Waals surface area contributed by atoms with Crippen molar-refractivity contribution in [2.45, 2.75) is 13.0 Å². The first kappa shape index (κ1) is 18.4. The lowest BCUT2D eigenvalue weighted by Gasteiger charge is -2.15. The average molecular weight is 389 g/mol. The van der Waals surface area contributed by atoms with Crippen molar-refractivity contribution in [2.24, 2.45) is 0 Å². The van der Waals surface area contributed by atoms with Crippen LogP contribution in [0.5, 0.6) is 11.5 Å². The van der Waals surface area contributed by atoms with Gasteiger partial charge in [-0.2, -0.15) is 9.61 Å². The second-order valence-corrected chi connectivity index (χ2v) is 6.36. The smallest absolute Gasteiger partial charge is 0.265 e. The standard InChI is InChI=1S/C21H19N5O3/c1-14(29-18-8-6-17(28-2)7-9-18)21(27)23-16-5-3-4-15(12-16)19-10-11-20-24-22-13-26(20)25-19/h3-14H,1-2H3,(H,23,27). The van der Waals surface area contributed by atoms with Gasteiger partial charge in [0.2, 0.25) is 0 Å². The van der Waals surface area contributed by atoms with Gasteiger partial charge in [0.25, 0.3) is 5.91 Å². The van der Waals surface area contributed by atoms with Crippen LogP contribution in [-0.2, 0) is 4.79 Å². The Labute approximate surface area is 167 Å². The summed E-state index contributed by atoms with van der Waals surface area (Å²) in [6.45, 7) is 1.70. The number of nitrogens with one attached hydrogen (secondary N) is 1. The first-order valence-corrected chi connectivity index (χ1v) is 9.01. The minimum absolute atomic E-state index is 0.250. The third-order valence-corrected chi connectivity index (χ3v) is 4.33. The Hall–Kier alpha value is -3.94. The lowest BCUT2D eigenvalue weighted by atomic mass is 10.1. The van der Waals surface area contributed by atoms with Crippen molar-refractivity contribution in [1.29, 1.82) is 0 Å². The van der Waals surface area contributed by atoms with E-state index in [0.29, 0.717) is 17.1 Å². The fourth-order valence-corrected chi connectivity index (χ4v) is 2.79. The highest BCUT2D eigenvalue weighted by Gasteiger charge is 2.15. The number of fused-ring (bicyclic) bond motifs is 1. The fourth-order valence-electron chi connectivity index (χ4n) is 2.79. The summed E-state index contributed by atoms with van der Waals surface area (Å²) >= 11 is 0. The van der Waals surface area contributed by atoms with Crippen molar-refractivity contribution < 1.29 is 14.3 Å². The van der Waals surface area contributed by atoms with Crippen LogP contribution in [-0.4, -0.2) is 38.9 Å². The van der Waals surface area contributed by atoms with Crippen LogP contribution in [0.3, 0.4) is 0 Å². The number of carbonyl (C=O) groups excluding carboxylic acids is 1. The van der Waals surface area contributed by atoms with E-state index < -0.39 is 6.10 Å². The molecule has 2 aromatic heterocycles. The largest absolute Gasteiger partial charge is 0.497 e. The molecule has 8 nitrogen and oxygen atoms in total. The zero-order chi connectivity index (χ0) is 20.2.